The summed E-state index contributed by atoms with van der Waals surface area (Å²) in [6.07, 6.45) is -1.79. The Morgan fingerprint density at radius 2 is 1.90 bits per heavy atom. The molecule has 39 heavy (non-hydrogen) atoms. The topological polar surface area (TPSA) is 90.8 Å². The van der Waals surface area contributed by atoms with Gasteiger partial charge in [0.05, 0.1) is 23.3 Å². The highest BCUT2D eigenvalue weighted by atomic mass is 19.4. The van der Waals surface area contributed by atoms with E-state index in [0.29, 0.717) is 57.6 Å². The van der Waals surface area contributed by atoms with Gasteiger partial charge in [-0.1, -0.05) is 13.0 Å². The molecule has 5 rings (SSSR count). The van der Waals surface area contributed by atoms with Gasteiger partial charge in [0, 0.05) is 63.1 Å². The van der Waals surface area contributed by atoms with Crippen LogP contribution in [0.4, 0.5) is 23.4 Å². The second-order valence-electron chi connectivity index (χ2n) is 10.5. The summed E-state index contributed by atoms with van der Waals surface area (Å²) in [7, 11) is 0. The molecule has 0 saturated carbocycles. The Morgan fingerprint density at radius 1 is 1.18 bits per heavy atom. The summed E-state index contributed by atoms with van der Waals surface area (Å²) < 4.78 is 59.9. The van der Waals surface area contributed by atoms with Crippen molar-refractivity contribution in [1.29, 1.82) is 0 Å². The van der Waals surface area contributed by atoms with Crippen molar-refractivity contribution in [2.24, 2.45) is 0 Å². The molecule has 212 valence electrons. The van der Waals surface area contributed by atoms with E-state index in [1.807, 2.05) is 6.92 Å². The zero-order chi connectivity index (χ0) is 27.7. The van der Waals surface area contributed by atoms with Gasteiger partial charge in [-0.15, -0.1) is 0 Å². The van der Waals surface area contributed by atoms with Crippen molar-refractivity contribution in [3.8, 4) is 0 Å². The summed E-state index contributed by atoms with van der Waals surface area (Å²) in [5.41, 5.74) is 0.433. The number of alkyl halides is 3. The summed E-state index contributed by atoms with van der Waals surface area (Å²) in [5.74, 6) is -1.48. The van der Waals surface area contributed by atoms with E-state index in [2.05, 4.69) is 20.2 Å². The fourth-order valence-corrected chi connectivity index (χ4v) is 5.82. The number of benzene rings is 1. The number of amides is 1. The first-order valence-corrected chi connectivity index (χ1v) is 13.4. The van der Waals surface area contributed by atoms with Gasteiger partial charge in [-0.05, 0) is 37.3 Å². The van der Waals surface area contributed by atoms with Crippen molar-refractivity contribution in [3.05, 3.63) is 52.7 Å². The van der Waals surface area contributed by atoms with Crippen LogP contribution in [-0.2, 0) is 15.7 Å². The third-order valence-electron chi connectivity index (χ3n) is 8.00. The molecule has 1 aliphatic carbocycles. The number of nitrogens with one attached hydrogen (secondary N) is 1. The Labute approximate surface area is 224 Å². The number of aromatic nitrogens is 2. The molecule has 2 fully saturated rings. The number of piperazine rings is 1. The van der Waals surface area contributed by atoms with Crippen LogP contribution in [0.5, 0.6) is 0 Å². The summed E-state index contributed by atoms with van der Waals surface area (Å²) in [6.45, 7) is 4.96. The number of rotatable bonds is 6. The van der Waals surface area contributed by atoms with Crippen LogP contribution >= 0.6 is 0 Å². The van der Waals surface area contributed by atoms with Crippen molar-refractivity contribution in [2.75, 3.05) is 50.8 Å². The molecule has 0 spiro atoms. The highest BCUT2D eigenvalue weighted by molar-refractivity contribution is 5.84. The minimum Gasteiger partial charge on any atom is -0.387 e. The van der Waals surface area contributed by atoms with Gasteiger partial charge in [-0.2, -0.15) is 13.2 Å². The van der Waals surface area contributed by atoms with Crippen molar-refractivity contribution >= 4 is 11.7 Å². The monoisotopic (exact) mass is 551 g/mol. The van der Waals surface area contributed by atoms with E-state index in [1.54, 1.807) is 4.90 Å². The van der Waals surface area contributed by atoms with Crippen molar-refractivity contribution in [2.45, 2.75) is 56.3 Å². The van der Waals surface area contributed by atoms with E-state index in [4.69, 9.17) is 4.74 Å². The minimum atomic E-state index is -4.68. The zero-order valence-corrected chi connectivity index (χ0v) is 21.8. The van der Waals surface area contributed by atoms with E-state index in [-0.39, 0.29) is 30.0 Å². The molecule has 2 saturated heterocycles. The number of hydrogen-bond acceptors (Lipinski definition) is 7. The van der Waals surface area contributed by atoms with Gasteiger partial charge in [0.1, 0.15) is 18.0 Å². The number of ether oxygens (including phenoxy) is 1. The zero-order valence-electron chi connectivity index (χ0n) is 21.8. The number of aliphatic hydroxyl groups excluding tert-OH is 1. The molecule has 0 bridgehead atoms. The van der Waals surface area contributed by atoms with Crippen LogP contribution in [0.25, 0.3) is 0 Å². The number of halogens is 4. The van der Waals surface area contributed by atoms with Crippen LogP contribution in [-0.4, -0.2) is 77.9 Å². The molecule has 2 aliphatic heterocycles. The fourth-order valence-electron chi connectivity index (χ4n) is 5.82. The summed E-state index contributed by atoms with van der Waals surface area (Å²) in [5, 5.41) is 13.6. The molecule has 8 nitrogen and oxygen atoms in total. The molecule has 3 aliphatic rings. The molecule has 0 radical (unpaired) electrons. The third kappa shape index (κ3) is 5.87. The Kier molecular flexibility index (Phi) is 8.06. The van der Waals surface area contributed by atoms with E-state index in [9.17, 15) is 23.1 Å². The predicted octanol–water partition coefficient (Wildman–Crippen LogP) is 3.38. The predicted molar refractivity (Wildman–Crippen MR) is 135 cm³/mol. The van der Waals surface area contributed by atoms with Gasteiger partial charge in [-0.25, -0.2) is 14.4 Å². The highest BCUT2D eigenvalue weighted by Crippen LogP contribution is 2.43. The highest BCUT2D eigenvalue weighted by Gasteiger charge is 2.37. The van der Waals surface area contributed by atoms with E-state index >= 15 is 4.39 Å². The summed E-state index contributed by atoms with van der Waals surface area (Å²) in [6, 6.07) is 2.46. The number of aliphatic hydroxyl groups is 1. The van der Waals surface area contributed by atoms with Gasteiger partial charge in [0.2, 0.25) is 5.91 Å². The van der Waals surface area contributed by atoms with Crippen LogP contribution in [0.2, 0.25) is 0 Å². The number of hydrogen-bond donors (Lipinski definition) is 2. The lowest BCUT2D eigenvalue weighted by Crippen LogP contribution is -2.52. The summed E-state index contributed by atoms with van der Waals surface area (Å²) >= 11 is 0. The van der Waals surface area contributed by atoms with Gasteiger partial charge < -0.3 is 25.0 Å². The first kappa shape index (κ1) is 27.7. The molecule has 3 atom stereocenters. The maximum Gasteiger partial charge on any atom is 0.416 e. The molecule has 1 amide bonds. The van der Waals surface area contributed by atoms with Crippen molar-refractivity contribution in [3.63, 3.8) is 0 Å². The average molecular weight is 552 g/mol. The van der Waals surface area contributed by atoms with Crippen LogP contribution in [0.1, 0.15) is 66.5 Å². The normalized spacial score (nSPS) is 23.1. The molecule has 2 aromatic rings. The lowest BCUT2D eigenvalue weighted by Gasteiger charge is -2.38. The van der Waals surface area contributed by atoms with Crippen LogP contribution in [0.3, 0.4) is 0 Å². The fraction of sp³-hybridized carbons (Fsp3) is 0.593. The molecule has 12 heteroatoms. The van der Waals surface area contributed by atoms with E-state index in [1.165, 1.54) is 6.33 Å². The molecule has 2 N–H and O–H groups in total. The first-order chi connectivity index (χ1) is 18.6. The van der Waals surface area contributed by atoms with Crippen LogP contribution < -0.4 is 10.2 Å². The number of carbonyl (C=O) groups excluding carboxylic acids is 1. The number of anilines is 1. The molecule has 3 unspecified atom stereocenters. The van der Waals surface area contributed by atoms with Gasteiger partial charge in [0.15, 0.2) is 0 Å². The quantitative estimate of drug-likeness (QED) is 0.532. The van der Waals surface area contributed by atoms with Gasteiger partial charge >= 0.3 is 6.18 Å². The number of carbonyl (C=O) groups is 1. The number of nitrogens with zero attached hydrogens (tertiary/aromatic N) is 4. The van der Waals surface area contributed by atoms with E-state index < -0.39 is 29.6 Å². The second-order valence-corrected chi connectivity index (χ2v) is 10.5. The third-order valence-corrected chi connectivity index (χ3v) is 8.00. The maximum atomic E-state index is 15.0. The Bertz CT molecular complexity index is 1180. The molecular formula is C27H33F4N5O3. The van der Waals surface area contributed by atoms with Crippen molar-refractivity contribution < 1.29 is 32.2 Å². The van der Waals surface area contributed by atoms with Crippen LogP contribution in [0.15, 0.2) is 24.5 Å². The summed E-state index contributed by atoms with van der Waals surface area (Å²) in [4.78, 5) is 26.2. The molecular weight excluding hydrogens is 518 g/mol. The Morgan fingerprint density at radius 3 is 2.56 bits per heavy atom. The standard InChI is InChI=1S/C27H33F4N5O3/c1-16-12-22(37)24-23(16)25(34-15-33-24)35-6-8-36(9-7-35)26(38)20(14-32-18-4-10-39-11-5-18)19-3-2-17(13-21(19)28)27(29,30)31/h2-3,13,15-16,18,20,22,32,37H,4-12,14H2,1H3. The molecule has 1 aromatic heterocycles. The van der Waals surface area contributed by atoms with E-state index in [0.717, 1.165) is 36.4 Å². The largest absolute Gasteiger partial charge is 0.416 e. The molecule has 1 aromatic carbocycles. The van der Waals surface area contributed by atoms with Crippen LogP contribution in [0, 0.1) is 5.82 Å². The number of fused-ring (bicyclic) bond motifs is 1. The Balaban J connectivity index is 1.32. The van der Waals surface area contributed by atoms with Crippen molar-refractivity contribution in [1.82, 2.24) is 20.2 Å². The Hall–Kier alpha value is -2.83. The van der Waals surface area contributed by atoms with Gasteiger partial charge in [-0.3, -0.25) is 4.79 Å². The lowest BCUT2D eigenvalue weighted by molar-refractivity contribution is -0.137. The molecule has 3 heterocycles. The SMILES string of the molecule is CC1CC(O)c2ncnc(N3CCN(C(=O)C(CNC4CCOCC4)c4ccc(C(F)(F)F)cc4F)CC3)c21. The second kappa shape index (κ2) is 11.3. The smallest absolute Gasteiger partial charge is 0.387 e. The lowest BCUT2D eigenvalue weighted by atomic mass is 9.94. The maximum absolute atomic E-state index is 15.0. The minimum absolute atomic E-state index is 0.0496. The average Bonchev–Trinajstić information content (AvgIpc) is 3.22. The first-order valence-electron chi connectivity index (χ1n) is 13.4. The van der Waals surface area contributed by atoms with Gasteiger partial charge in [0.25, 0.3) is 0 Å².